The van der Waals surface area contributed by atoms with Gasteiger partial charge in [-0.3, -0.25) is 14.4 Å². The Morgan fingerprint density at radius 2 is 1.57 bits per heavy atom. The fourth-order valence-electron chi connectivity index (χ4n) is 8.56. The van der Waals surface area contributed by atoms with Crippen LogP contribution in [0.4, 0.5) is 5.69 Å². The minimum atomic E-state index is -0.588. The molecule has 11 nitrogen and oxygen atoms in total. The summed E-state index contributed by atoms with van der Waals surface area (Å²) >= 11 is 0. The van der Waals surface area contributed by atoms with E-state index < -0.39 is 11.8 Å². The maximum Gasteiger partial charge on any atom is 0.247 e. The van der Waals surface area contributed by atoms with Crippen LogP contribution in [-0.2, 0) is 37.0 Å². The van der Waals surface area contributed by atoms with Crippen molar-refractivity contribution in [1.29, 1.82) is 0 Å². The van der Waals surface area contributed by atoms with Gasteiger partial charge in [-0.1, -0.05) is 98.3 Å². The second kappa shape index (κ2) is 19.1. The van der Waals surface area contributed by atoms with Gasteiger partial charge in [-0.05, 0) is 71.7 Å². The summed E-state index contributed by atoms with van der Waals surface area (Å²) < 4.78 is 13.6. The largest absolute Gasteiger partial charge is 0.392 e. The Labute approximate surface area is 342 Å². The Balaban J connectivity index is 1.00. The first kappa shape index (κ1) is 41.1. The van der Waals surface area contributed by atoms with Gasteiger partial charge in [0.1, 0.15) is 5.54 Å². The highest BCUT2D eigenvalue weighted by Gasteiger charge is 2.51. The van der Waals surface area contributed by atoms with Crippen molar-refractivity contribution in [3.63, 3.8) is 0 Å². The van der Waals surface area contributed by atoms with Gasteiger partial charge < -0.3 is 40.3 Å². The molecule has 3 saturated heterocycles. The molecule has 4 aromatic carbocycles. The van der Waals surface area contributed by atoms with Crippen LogP contribution >= 0.6 is 0 Å². The summed E-state index contributed by atoms with van der Waals surface area (Å²) in [5.74, 6) is 0.149. The van der Waals surface area contributed by atoms with Crippen LogP contribution in [0.3, 0.4) is 0 Å². The first-order valence-corrected chi connectivity index (χ1v) is 20.8. The molecule has 4 N–H and O–H groups in total. The second-order valence-corrected chi connectivity index (χ2v) is 16.0. The molecule has 0 unspecified atom stereocenters. The second-order valence-electron chi connectivity index (χ2n) is 16.0. The number of piperidine rings is 1. The van der Waals surface area contributed by atoms with E-state index in [1.54, 1.807) is 0 Å². The molecule has 3 fully saturated rings. The van der Waals surface area contributed by atoms with E-state index in [2.05, 4.69) is 81.2 Å². The predicted molar refractivity (Wildman–Crippen MR) is 224 cm³/mol. The number of hydrogen-bond acceptors (Lipinski definition) is 8. The SMILES string of the molecule is CC(=O)NCCCCCC(=O)NCc1cccc(-c2ccc([C@@H]3O[C@H](CN4CCC5(CC4)C(=O)NCN5c4ccccc4)[C@H](C)[C@H](c4ccc(CO)cc4)O3)cc2)c1. The maximum atomic E-state index is 13.3. The van der Waals surface area contributed by atoms with Crippen molar-refractivity contribution in [1.82, 2.24) is 20.9 Å². The number of aliphatic hydroxyl groups excluding tert-OH is 1. The number of nitrogens with one attached hydrogen (secondary N) is 3. The summed E-state index contributed by atoms with van der Waals surface area (Å²) in [7, 11) is 0. The lowest BCUT2D eigenvalue weighted by Crippen LogP contribution is -2.57. The average Bonchev–Trinajstić information content (AvgIpc) is 3.57. The number of para-hydroxylation sites is 1. The van der Waals surface area contributed by atoms with Crippen molar-refractivity contribution >= 4 is 23.4 Å². The number of benzene rings is 4. The van der Waals surface area contributed by atoms with Gasteiger partial charge >= 0.3 is 0 Å². The summed E-state index contributed by atoms with van der Waals surface area (Å²) in [6.45, 7) is 7.58. The van der Waals surface area contributed by atoms with Crippen molar-refractivity contribution in [2.75, 3.05) is 37.7 Å². The minimum Gasteiger partial charge on any atom is -0.392 e. The molecule has 4 aromatic rings. The molecule has 11 heteroatoms. The number of aliphatic hydroxyl groups is 1. The van der Waals surface area contributed by atoms with E-state index in [-0.39, 0.29) is 42.5 Å². The van der Waals surface area contributed by atoms with E-state index in [1.165, 1.54) is 6.92 Å². The van der Waals surface area contributed by atoms with Crippen LogP contribution in [0.5, 0.6) is 0 Å². The van der Waals surface area contributed by atoms with Crippen molar-refractivity contribution in [2.45, 2.75) is 89.6 Å². The number of hydrogen-bond donors (Lipinski definition) is 4. The molecule has 4 atom stereocenters. The monoisotopic (exact) mass is 787 g/mol. The highest BCUT2D eigenvalue weighted by molar-refractivity contribution is 5.93. The van der Waals surface area contributed by atoms with Gasteiger partial charge in [-0.15, -0.1) is 0 Å². The van der Waals surface area contributed by atoms with Crippen LogP contribution in [-0.4, -0.2) is 72.2 Å². The molecule has 0 radical (unpaired) electrons. The number of ether oxygens (including phenoxy) is 2. The number of carbonyl (C=O) groups excluding carboxylic acids is 3. The molecule has 3 amide bonds. The van der Waals surface area contributed by atoms with E-state index >= 15 is 0 Å². The summed E-state index contributed by atoms with van der Waals surface area (Å²) in [5.41, 5.74) is 6.47. The standard InChI is InChI=1S/C47H57N5O6/c1-33-42(30-51-26-23-47(24-27-51)46(56)50-32-52(47)41-12-5-3-6-13-41)57-45(58-44(33)38-17-15-35(31-53)16-18-38)39-21-19-37(20-22-39)40-11-9-10-36(28-40)29-49-43(55)14-7-4-8-25-48-34(2)54/h3,5-6,9-13,15-22,28,33,42,44-45,53H,4,7-8,14,23-27,29-32H2,1-2H3,(H,48,54)(H,49,55)(H,50,56)/t33-,42+,44+,45+/m0/s1. The van der Waals surface area contributed by atoms with Gasteiger partial charge in [-0.25, -0.2) is 0 Å². The lowest BCUT2D eigenvalue weighted by molar-refractivity contribution is -0.276. The number of likely N-dealkylation sites (tertiary alicyclic amines) is 1. The number of carbonyl (C=O) groups is 3. The number of amides is 3. The Bertz CT molecular complexity index is 1980. The van der Waals surface area contributed by atoms with Gasteiger partial charge in [0.25, 0.3) is 0 Å². The third-order valence-electron chi connectivity index (χ3n) is 12.0. The molecule has 7 rings (SSSR count). The summed E-state index contributed by atoms with van der Waals surface area (Å²) in [6, 6.07) is 34.7. The third kappa shape index (κ3) is 9.78. The quantitative estimate of drug-likeness (QED) is 0.102. The number of rotatable bonds is 15. The topological polar surface area (TPSA) is 132 Å². The fourth-order valence-corrected chi connectivity index (χ4v) is 8.56. The molecular weight excluding hydrogens is 731 g/mol. The van der Waals surface area contributed by atoms with Crippen LogP contribution in [0, 0.1) is 5.92 Å². The molecule has 3 aliphatic rings. The normalized spacial score (nSPS) is 21.8. The van der Waals surface area contributed by atoms with E-state index in [0.29, 0.717) is 26.2 Å². The summed E-state index contributed by atoms with van der Waals surface area (Å²) in [5, 5.41) is 18.6. The van der Waals surface area contributed by atoms with Gasteiger partial charge in [0.05, 0.1) is 25.5 Å². The first-order valence-electron chi connectivity index (χ1n) is 20.8. The van der Waals surface area contributed by atoms with E-state index in [9.17, 15) is 19.5 Å². The Hall–Kier alpha value is -5.07. The van der Waals surface area contributed by atoms with Crippen molar-refractivity contribution < 1.29 is 29.0 Å². The number of unbranched alkanes of at least 4 members (excludes halogenated alkanes) is 2. The molecule has 0 aromatic heterocycles. The first-order chi connectivity index (χ1) is 28.2. The van der Waals surface area contributed by atoms with Gasteiger partial charge in [0, 0.05) is 63.2 Å². The van der Waals surface area contributed by atoms with Gasteiger partial charge in [0.15, 0.2) is 6.29 Å². The number of anilines is 1. The highest BCUT2D eigenvalue weighted by Crippen LogP contribution is 2.43. The van der Waals surface area contributed by atoms with Gasteiger partial charge in [-0.2, -0.15) is 0 Å². The predicted octanol–water partition coefficient (Wildman–Crippen LogP) is 6.38. The molecule has 0 bridgehead atoms. The molecule has 0 aliphatic carbocycles. The van der Waals surface area contributed by atoms with Gasteiger partial charge in [0.2, 0.25) is 17.7 Å². The van der Waals surface area contributed by atoms with Crippen molar-refractivity contribution in [2.24, 2.45) is 5.92 Å². The zero-order chi connectivity index (χ0) is 40.5. The Morgan fingerprint density at radius 1 is 0.828 bits per heavy atom. The van der Waals surface area contributed by atoms with E-state index in [4.69, 9.17) is 9.47 Å². The van der Waals surface area contributed by atoms with Crippen LogP contribution in [0.15, 0.2) is 103 Å². The Kier molecular flexibility index (Phi) is 13.6. The lowest BCUT2D eigenvalue weighted by Gasteiger charge is -2.46. The van der Waals surface area contributed by atoms with Crippen LogP contribution in [0.25, 0.3) is 11.1 Å². The van der Waals surface area contributed by atoms with Crippen LogP contribution in [0.1, 0.15) is 87.0 Å². The molecule has 3 aliphatic heterocycles. The summed E-state index contributed by atoms with van der Waals surface area (Å²) in [6.07, 6.45) is 3.53. The third-order valence-corrected chi connectivity index (χ3v) is 12.0. The number of nitrogens with zero attached hydrogens (tertiary/aromatic N) is 2. The van der Waals surface area contributed by atoms with E-state index in [1.807, 2.05) is 54.6 Å². The Morgan fingerprint density at radius 3 is 2.29 bits per heavy atom. The van der Waals surface area contributed by atoms with Crippen LogP contribution < -0.4 is 20.9 Å². The zero-order valence-corrected chi connectivity index (χ0v) is 33.7. The molecule has 1 spiro atoms. The molecule has 3 heterocycles. The van der Waals surface area contributed by atoms with Crippen LogP contribution in [0.2, 0.25) is 0 Å². The smallest absolute Gasteiger partial charge is 0.247 e. The van der Waals surface area contributed by atoms with Crippen molar-refractivity contribution in [3.05, 3.63) is 125 Å². The summed E-state index contributed by atoms with van der Waals surface area (Å²) in [4.78, 5) is 41.5. The molecule has 58 heavy (non-hydrogen) atoms. The molecule has 306 valence electrons. The average molecular weight is 788 g/mol. The van der Waals surface area contributed by atoms with E-state index in [0.717, 1.165) is 90.8 Å². The molecular formula is C47H57N5O6. The fraction of sp³-hybridized carbons (Fsp3) is 0.426. The van der Waals surface area contributed by atoms with Crippen molar-refractivity contribution in [3.8, 4) is 11.1 Å². The highest BCUT2D eigenvalue weighted by atomic mass is 16.7. The maximum absolute atomic E-state index is 13.3. The molecule has 0 saturated carbocycles. The zero-order valence-electron chi connectivity index (χ0n) is 33.7. The lowest BCUT2D eigenvalue weighted by atomic mass is 9.84. The minimum absolute atomic E-state index is 0.0151.